The molecule has 0 aliphatic heterocycles. The summed E-state index contributed by atoms with van der Waals surface area (Å²) in [5.74, 6) is 1.58. The fraction of sp³-hybridized carbons (Fsp3) is 0.320. The molecular formula is C25H28N4O2. The number of carbonyl (C=O) groups excluding carboxylic acids is 1. The molecule has 0 unspecified atom stereocenters. The van der Waals surface area contributed by atoms with Crippen LogP contribution in [-0.4, -0.2) is 32.1 Å². The quantitative estimate of drug-likeness (QED) is 0.413. The van der Waals surface area contributed by atoms with Crippen molar-refractivity contribution in [3.8, 4) is 11.3 Å². The summed E-state index contributed by atoms with van der Waals surface area (Å²) in [6.45, 7) is 11.1. The van der Waals surface area contributed by atoms with Crippen LogP contribution in [0.15, 0.2) is 53.1 Å². The minimum atomic E-state index is -0.0267. The molecule has 0 radical (unpaired) electrons. The van der Waals surface area contributed by atoms with Crippen LogP contribution in [0.2, 0.25) is 0 Å². The summed E-state index contributed by atoms with van der Waals surface area (Å²) in [5.41, 5.74) is 4.05. The van der Waals surface area contributed by atoms with Crippen LogP contribution >= 0.6 is 0 Å². The summed E-state index contributed by atoms with van der Waals surface area (Å²) >= 11 is 0. The van der Waals surface area contributed by atoms with Crippen LogP contribution in [0.25, 0.3) is 22.3 Å². The van der Waals surface area contributed by atoms with Crippen LogP contribution < -0.4 is 0 Å². The Balaban J connectivity index is 1.85. The number of fused-ring (bicyclic) bond motifs is 1. The molecule has 0 spiro atoms. The van der Waals surface area contributed by atoms with Gasteiger partial charge in [0.1, 0.15) is 11.5 Å². The molecule has 31 heavy (non-hydrogen) atoms. The number of aromatic nitrogens is 3. The van der Waals surface area contributed by atoms with Gasteiger partial charge >= 0.3 is 0 Å². The molecule has 3 aromatic heterocycles. The zero-order chi connectivity index (χ0) is 22.1. The van der Waals surface area contributed by atoms with Crippen molar-refractivity contribution in [1.82, 2.24) is 19.7 Å². The number of amides is 1. The molecule has 6 nitrogen and oxygen atoms in total. The molecular weight excluding hydrogens is 388 g/mol. The van der Waals surface area contributed by atoms with Crippen molar-refractivity contribution in [3.05, 3.63) is 71.3 Å². The van der Waals surface area contributed by atoms with Crippen LogP contribution in [0.4, 0.5) is 0 Å². The van der Waals surface area contributed by atoms with E-state index in [9.17, 15) is 4.79 Å². The molecule has 0 atom stereocenters. The van der Waals surface area contributed by atoms with Crippen molar-refractivity contribution in [2.75, 3.05) is 6.54 Å². The predicted octanol–water partition coefficient (Wildman–Crippen LogP) is 5.55. The second kappa shape index (κ2) is 8.38. The number of furan rings is 1. The van der Waals surface area contributed by atoms with E-state index in [1.165, 1.54) is 0 Å². The first-order valence-electron chi connectivity index (χ1n) is 10.7. The van der Waals surface area contributed by atoms with Gasteiger partial charge in [-0.05, 0) is 52.3 Å². The maximum Gasteiger partial charge on any atom is 0.255 e. The molecule has 4 aromatic rings. The van der Waals surface area contributed by atoms with Gasteiger partial charge in [-0.15, -0.1) is 0 Å². The largest absolute Gasteiger partial charge is 0.466 e. The van der Waals surface area contributed by atoms with Crippen molar-refractivity contribution in [3.63, 3.8) is 0 Å². The molecule has 3 heterocycles. The molecule has 0 saturated carbocycles. The van der Waals surface area contributed by atoms with Crippen molar-refractivity contribution < 1.29 is 9.21 Å². The highest BCUT2D eigenvalue weighted by Gasteiger charge is 2.23. The van der Waals surface area contributed by atoms with Crippen LogP contribution in [0.1, 0.15) is 54.3 Å². The van der Waals surface area contributed by atoms with E-state index in [1.807, 2.05) is 72.8 Å². The summed E-state index contributed by atoms with van der Waals surface area (Å²) in [4.78, 5) is 20.4. The molecule has 0 N–H and O–H groups in total. The topological polar surface area (TPSA) is 64.2 Å². The maximum absolute atomic E-state index is 13.7. The van der Waals surface area contributed by atoms with Crippen LogP contribution in [0, 0.1) is 13.8 Å². The van der Waals surface area contributed by atoms with Gasteiger partial charge in [0.05, 0.1) is 22.8 Å². The Labute approximate surface area is 182 Å². The third kappa shape index (κ3) is 3.98. The SMILES string of the molecule is CCN(Cc1ccccc1)C(=O)c1cc(-c2cc(C)oc2C)nc2c1cnn2C(C)C. The fourth-order valence-electron chi connectivity index (χ4n) is 3.90. The number of rotatable bonds is 6. The summed E-state index contributed by atoms with van der Waals surface area (Å²) < 4.78 is 7.60. The van der Waals surface area contributed by atoms with Gasteiger partial charge in [-0.2, -0.15) is 5.10 Å². The first-order valence-corrected chi connectivity index (χ1v) is 10.7. The molecule has 1 amide bonds. The molecule has 6 heteroatoms. The number of hydrogen-bond acceptors (Lipinski definition) is 4. The second-order valence-corrected chi connectivity index (χ2v) is 8.11. The maximum atomic E-state index is 13.7. The summed E-state index contributed by atoms with van der Waals surface area (Å²) in [7, 11) is 0. The molecule has 4 rings (SSSR count). The number of nitrogens with zero attached hydrogens (tertiary/aromatic N) is 4. The van der Waals surface area contributed by atoms with Crippen molar-refractivity contribution >= 4 is 16.9 Å². The lowest BCUT2D eigenvalue weighted by Gasteiger charge is -2.22. The number of benzene rings is 1. The number of hydrogen-bond donors (Lipinski definition) is 0. The molecule has 0 fully saturated rings. The Morgan fingerprint density at radius 2 is 1.90 bits per heavy atom. The Morgan fingerprint density at radius 1 is 1.16 bits per heavy atom. The third-order valence-corrected chi connectivity index (χ3v) is 5.49. The van der Waals surface area contributed by atoms with Crippen LogP contribution in [0.5, 0.6) is 0 Å². The fourth-order valence-corrected chi connectivity index (χ4v) is 3.90. The van der Waals surface area contributed by atoms with Gasteiger partial charge in [0.25, 0.3) is 5.91 Å². The average molecular weight is 417 g/mol. The summed E-state index contributed by atoms with van der Waals surface area (Å²) in [6.07, 6.45) is 1.75. The second-order valence-electron chi connectivity index (χ2n) is 8.11. The van der Waals surface area contributed by atoms with Gasteiger partial charge < -0.3 is 9.32 Å². The monoisotopic (exact) mass is 416 g/mol. The van der Waals surface area contributed by atoms with Gasteiger partial charge in [0.2, 0.25) is 0 Å². The van der Waals surface area contributed by atoms with Crippen LogP contribution in [-0.2, 0) is 6.54 Å². The van der Waals surface area contributed by atoms with E-state index in [4.69, 9.17) is 9.40 Å². The smallest absolute Gasteiger partial charge is 0.255 e. The Hall–Kier alpha value is -3.41. The number of carbonyl (C=O) groups is 1. The summed E-state index contributed by atoms with van der Waals surface area (Å²) in [6, 6.07) is 14.0. The van der Waals surface area contributed by atoms with Crippen molar-refractivity contribution in [1.29, 1.82) is 0 Å². The van der Waals surface area contributed by atoms with Crippen LogP contribution in [0.3, 0.4) is 0 Å². The standard InChI is InChI=1S/C25H28N4O2/c1-6-28(15-19-10-8-7-9-11-19)25(30)21-13-23(20-12-17(4)31-18(20)5)27-24-22(21)14-26-29(24)16(2)3/h7-14,16H,6,15H2,1-5H3. The normalized spacial score (nSPS) is 11.4. The molecule has 1 aromatic carbocycles. The van der Waals surface area contributed by atoms with E-state index in [2.05, 4.69) is 18.9 Å². The zero-order valence-electron chi connectivity index (χ0n) is 18.7. The van der Waals surface area contributed by atoms with Gasteiger partial charge in [-0.1, -0.05) is 30.3 Å². The van der Waals surface area contributed by atoms with E-state index in [0.717, 1.165) is 33.7 Å². The molecule has 0 bridgehead atoms. The van der Waals surface area contributed by atoms with Crippen molar-refractivity contribution in [2.24, 2.45) is 0 Å². The van der Waals surface area contributed by atoms with Gasteiger partial charge in [-0.25, -0.2) is 9.67 Å². The highest BCUT2D eigenvalue weighted by molar-refractivity contribution is 6.06. The first-order chi connectivity index (χ1) is 14.9. The minimum absolute atomic E-state index is 0.0267. The lowest BCUT2D eigenvalue weighted by atomic mass is 10.1. The minimum Gasteiger partial charge on any atom is -0.466 e. The van der Waals surface area contributed by atoms with Gasteiger partial charge in [0.15, 0.2) is 5.65 Å². The molecule has 0 aliphatic carbocycles. The van der Waals surface area contributed by atoms with Gasteiger partial charge in [-0.3, -0.25) is 4.79 Å². The zero-order valence-corrected chi connectivity index (χ0v) is 18.7. The van der Waals surface area contributed by atoms with E-state index in [0.29, 0.717) is 24.3 Å². The molecule has 0 saturated heterocycles. The lowest BCUT2D eigenvalue weighted by molar-refractivity contribution is 0.0754. The first kappa shape index (κ1) is 20.8. The molecule has 160 valence electrons. The highest BCUT2D eigenvalue weighted by Crippen LogP contribution is 2.30. The van der Waals surface area contributed by atoms with E-state index >= 15 is 0 Å². The summed E-state index contributed by atoms with van der Waals surface area (Å²) in [5, 5.41) is 5.30. The lowest BCUT2D eigenvalue weighted by Crippen LogP contribution is -2.30. The van der Waals surface area contributed by atoms with E-state index < -0.39 is 0 Å². The van der Waals surface area contributed by atoms with Gasteiger partial charge in [0, 0.05) is 24.7 Å². The third-order valence-electron chi connectivity index (χ3n) is 5.49. The Bertz CT molecular complexity index is 1220. The van der Waals surface area contributed by atoms with E-state index in [1.54, 1.807) is 6.20 Å². The average Bonchev–Trinajstić information content (AvgIpc) is 3.34. The highest BCUT2D eigenvalue weighted by atomic mass is 16.3. The molecule has 0 aliphatic rings. The predicted molar refractivity (Wildman–Crippen MR) is 122 cm³/mol. The Kier molecular flexibility index (Phi) is 5.63. The number of aryl methyl sites for hydroxylation is 2. The number of pyridine rings is 1. The van der Waals surface area contributed by atoms with E-state index in [-0.39, 0.29) is 11.9 Å². The Morgan fingerprint density at radius 3 is 2.52 bits per heavy atom. The van der Waals surface area contributed by atoms with Crippen molar-refractivity contribution in [2.45, 2.75) is 47.2 Å².